The quantitative estimate of drug-likeness (QED) is 0.435. The number of nitrogens with one attached hydrogen (secondary N) is 1. The lowest BCUT2D eigenvalue weighted by Gasteiger charge is -2.35. The topological polar surface area (TPSA) is 71.5 Å². The second-order valence-corrected chi connectivity index (χ2v) is 9.69. The Morgan fingerprint density at radius 1 is 1.06 bits per heavy atom. The number of piperidine rings is 1. The predicted molar refractivity (Wildman–Crippen MR) is 143 cm³/mol. The molecule has 0 aliphatic carbocycles. The van der Waals surface area contributed by atoms with Crippen LogP contribution in [0.3, 0.4) is 0 Å². The molecule has 1 aromatic heterocycles. The van der Waals surface area contributed by atoms with Crippen LogP contribution in [0.5, 0.6) is 5.75 Å². The van der Waals surface area contributed by atoms with Crippen LogP contribution in [-0.2, 0) is 11.4 Å². The van der Waals surface area contributed by atoms with Gasteiger partial charge in [0.2, 0.25) is 5.91 Å². The highest BCUT2D eigenvalue weighted by Crippen LogP contribution is 2.24. The summed E-state index contributed by atoms with van der Waals surface area (Å²) in [5.74, 6) is 1.49. The van der Waals surface area contributed by atoms with Crippen LogP contribution in [-0.4, -0.2) is 34.8 Å². The first-order valence-corrected chi connectivity index (χ1v) is 12.4. The molecule has 1 N–H and O–H groups in total. The first-order chi connectivity index (χ1) is 17.4. The van der Waals surface area contributed by atoms with Crippen molar-refractivity contribution >= 4 is 23.6 Å². The number of carbonyl (C=O) groups is 2. The first kappa shape index (κ1) is 25.2. The average Bonchev–Trinajstić information content (AvgIpc) is 2.88. The van der Waals surface area contributed by atoms with E-state index in [1.165, 1.54) is 6.08 Å². The number of ether oxygens (including phenoxy) is 1. The highest BCUT2D eigenvalue weighted by atomic mass is 16.5. The number of carbonyl (C=O) groups excluding carboxylic acids is 2. The van der Waals surface area contributed by atoms with Crippen molar-refractivity contribution in [2.75, 3.05) is 18.4 Å². The van der Waals surface area contributed by atoms with Gasteiger partial charge in [0.1, 0.15) is 12.4 Å². The van der Waals surface area contributed by atoms with E-state index in [0.29, 0.717) is 29.7 Å². The molecule has 0 spiro atoms. The Labute approximate surface area is 213 Å². The summed E-state index contributed by atoms with van der Waals surface area (Å²) in [7, 11) is 0. The van der Waals surface area contributed by atoms with E-state index in [1.807, 2.05) is 66.4 Å². The number of rotatable bonds is 7. The van der Waals surface area contributed by atoms with Crippen LogP contribution in [0.4, 0.5) is 5.69 Å². The monoisotopic (exact) mass is 483 g/mol. The minimum atomic E-state index is -0.251. The molecular weight excluding hydrogens is 450 g/mol. The maximum atomic E-state index is 13.1. The van der Waals surface area contributed by atoms with E-state index in [1.54, 1.807) is 18.3 Å². The molecule has 0 radical (unpaired) electrons. The molecule has 1 saturated heterocycles. The zero-order valence-electron chi connectivity index (χ0n) is 21.1. The Morgan fingerprint density at radius 2 is 1.81 bits per heavy atom. The van der Waals surface area contributed by atoms with Gasteiger partial charge in [0.15, 0.2) is 0 Å². The van der Waals surface area contributed by atoms with Gasteiger partial charge in [-0.2, -0.15) is 0 Å². The minimum absolute atomic E-state index is 0.0183. The molecule has 1 aliphatic rings. The Kier molecular flexibility index (Phi) is 8.16. The molecule has 2 heterocycles. The third-order valence-corrected chi connectivity index (χ3v) is 6.32. The molecule has 1 fully saturated rings. The fourth-order valence-corrected chi connectivity index (χ4v) is 4.56. The molecular formula is C30H33N3O3. The predicted octanol–water partition coefficient (Wildman–Crippen LogP) is 5.74. The zero-order valence-corrected chi connectivity index (χ0v) is 21.1. The largest absolute Gasteiger partial charge is 0.487 e. The first-order valence-electron chi connectivity index (χ1n) is 12.4. The summed E-state index contributed by atoms with van der Waals surface area (Å²) in [5, 5.41) is 2.92. The van der Waals surface area contributed by atoms with Crippen LogP contribution in [0.15, 0.2) is 72.9 Å². The highest BCUT2D eigenvalue weighted by Gasteiger charge is 2.26. The molecule has 0 saturated carbocycles. The molecule has 36 heavy (non-hydrogen) atoms. The molecule has 2 atom stereocenters. The average molecular weight is 484 g/mol. The van der Waals surface area contributed by atoms with Crippen molar-refractivity contribution < 1.29 is 14.3 Å². The maximum Gasteiger partial charge on any atom is 0.253 e. The molecule has 1 aliphatic heterocycles. The fourth-order valence-electron chi connectivity index (χ4n) is 4.56. The number of amides is 2. The van der Waals surface area contributed by atoms with Crippen molar-refractivity contribution in [3.05, 3.63) is 95.3 Å². The SMILES string of the molecule is Cc1ccc(C(=O)N2CC(C)CC(C)C2)cc1NC(=O)C=Cc1ccc(OCc2ccccn2)cc1. The minimum Gasteiger partial charge on any atom is -0.487 e. The Bertz CT molecular complexity index is 1210. The summed E-state index contributed by atoms with van der Waals surface area (Å²) in [5.41, 5.74) is 3.89. The molecule has 2 aromatic carbocycles. The molecule has 6 nitrogen and oxygen atoms in total. The van der Waals surface area contributed by atoms with Gasteiger partial charge in [-0.15, -0.1) is 0 Å². The number of pyridine rings is 1. The van der Waals surface area contributed by atoms with Gasteiger partial charge in [-0.1, -0.05) is 38.1 Å². The van der Waals surface area contributed by atoms with Crippen molar-refractivity contribution in [2.45, 2.75) is 33.8 Å². The van der Waals surface area contributed by atoms with Crippen LogP contribution in [0.1, 0.15) is 47.4 Å². The van der Waals surface area contributed by atoms with Crippen LogP contribution >= 0.6 is 0 Å². The summed E-state index contributed by atoms with van der Waals surface area (Å²) in [6.07, 6.45) is 6.12. The molecule has 186 valence electrons. The number of hydrogen-bond acceptors (Lipinski definition) is 4. The van der Waals surface area contributed by atoms with Gasteiger partial charge in [-0.25, -0.2) is 0 Å². The summed E-state index contributed by atoms with van der Waals surface area (Å²) in [6.45, 7) is 8.23. The van der Waals surface area contributed by atoms with Crippen molar-refractivity contribution in [3.63, 3.8) is 0 Å². The van der Waals surface area contributed by atoms with E-state index in [0.717, 1.165) is 42.1 Å². The van der Waals surface area contributed by atoms with E-state index in [9.17, 15) is 9.59 Å². The second kappa shape index (κ2) is 11.7. The van der Waals surface area contributed by atoms with Gasteiger partial charge in [-0.3, -0.25) is 14.6 Å². The van der Waals surface area contributed by atoms with Gasteiger partial charge in [0.05, 0.1) is 5.69 Å². The van der Waals surface area contributed by atoms with Crippen LogP contribution in [0.2, 0.25) is 0 Å². The number of nitrogens with zero attached hydrogens (tertiary/aromatic N) is 2. The lowest BCUT2D eigenvalue weighted by molar-refractivity contribution is -0.111. The number of aromatic nitrogens is 1. The summed E-state index contributed by atoms with van der Waals surface area (Å²) in [4.78, 5) is 31.9. The van der Waals surface area contributed by atoms with E-state index < -0.39 is 0 Å². The maximum absolute atomic E-state index is 13.1. The van der Waals surface area contributed by atoms with Gasteiger partial charge in [0, 0.05) is 36.6 Å². The van der Waals surface area contributed by atoms with Crippen molar-refractivity contribution in [1.29, 1.82) is 0 Å². The molecule has 2 unspecified atom stereocenters. The normalized spacial score (nSPS) is 17.7. The van der Waals surface area contributed by atoms with Gasteiger partial charge >= 0.3 is 0 Å². The second-order valence-electron chi connectivity index (χ2n) is 9.69. The Morgan fingerprint density at radius 3 is 2.50 bits per heavy atom. The number of anilines is 1. The summed E-state index contributed by atoms with van der Waals surface area (Å²) in [6, 6.07) is 18.7. The fraction of sp³-hybridized carbons (Fsp3) is 0.300. The van der Waals surface area contributed by atoms with E-state index >= 15 is 0 Å². The smallest absolute Gasteiger partial charge is 0.253 e. The molecule has 4 rings (SSSR count). The molecule has 3 aromatic rings. The number of likely N-dealkylation sites (tertiary alicyclic amines) is 1. The van der Waals surface area contributed by atoms with Crippen LogP contribution < -0.4 is 10.1 Å². The Balaban J connectivity index is 1.35. The zero-order chi connectivity index (χ0) is 25.5. The van der Waals surface area contributed by atoms with E-state index in [4.69, 9.17) is 4.74 Å². The summed E-state index contributed by atoms with van der Waals surface area (Å²) < 4.78 is 5.75. The van der Waals surface area contributed by atoms with Gasteiger partial charge in [-0.05, 0) is 78.8 Å². The van der Waals surface area contributed by atoms with Crippen molar-refractivity contribution in [3.8, 4) is 5.75 Å². The number of aryl methyl sites for hydroxylation is 1. The molecule has 0 bridgehead atoms. The lowest BCUT2D eigenvalue weighted by Crippen LogP contribution is -2.42. The van der Waals surface area contributed by atoms with E-state index in [2.05, 4.69) is 24.1 Å². The Hall–Kier alpha value is -3.93. The van der Waals surface area contributed by atoms with Crippen LogP contribution in [0, 0.1) is 18.8 Å². The summed E-state index contributed by atoms with van der Waals surface area (Å²) >= 11 is 0. The molecule has 6 heteroatoms. The highest BCUT2D eigenvalue weighted by molar-refractivity contribution is 6.03. The number of benzene rings is 2. The lowest BCUT2D eigenvalue weighted by atomic mass is 9.91. The third-order valence-electron chi connectivity index (χ3n) is 6.32. The molecule has 2 amide bonds. The van der Waals surface area contributed by atoms with E-state index in [-0.39, 0.29) is 11.8 Å². The van der Waals surface area contributed by atoms with Gasteiger partial charge < -0.3 is 15.0 Å². The van der Waals surface area contributed by atoms with Crippen LogP contribution in [0.25, 0.3) is 6.08 Å². The van der Waals surface area contributed by atoms with Crippen molar-refractivity contribution in [1.82, 2.24) is 9.88 Å². The standard InChI is InChI=1S/C30H33N3O3/c1-21-16-22(2)19-33(18-21)30(35)25-11-7-23(3)28(17-25)32-29(34)14-10-24-8-12-27(13-9-24)36-20-26-6-4-5-15-31-26/h4-15,17,21-22H,16,18-20H2,1-3H3,(H,32,34). The van der Waals surface area contributed by atoms with Crippen molar-refractivity contribution in [2.24, 2.45) is 11.8 Å². The van der Waals surface area contributed by atoms with Gasteiger partial charge in [0.25, 0.3) is 5.91 Å². The number of hydrogen-bond donors (Lipinski definition) is 1. The third kappa shape index (κ3) is 6.81.